The molecule has 0 spiro atoms. The molecule has 0 bridgehead atoms. The lowest BCUT2D eigenvalue weighted by Gasteiger charge is -2.21. The van der Waals surface area contributed by atoms with Gasteiger partial charge in [-0.1, -0.05) is 18.2 Å². The van der Waals surface area contributed by atoms with Crippen molar-refractivity contribution < 1.29 is 19.0 Å². The average molecular weight is 386 g/mol. The molecule has 0 fully saturated rings. The van der Waals surface area contributed by atoms with Crippen LogP contribution in [0, 0.1) is 0 Å². The highest BCUT2D eigenvalue weighted by Crippen LogP contribution is 2.31. The summed E-state index contributed by atoms with van der Waals surface area (Å²) in [7, 11) is 1.58. The van der Waals surface area contributed by atoms with E-state index >= 15 is 0 Å². The third kappa shape index (κ3) is 5.63. The van der Waals surface area contributed by atoms with Crippen molar-refractivity contribution in [1.82, 2.24) is 5.32 Å². The predicted molar refractivity (Wildman–Crippen MR) is 111 cm³/mol. The van der Waals surface area contributed by atoms with Crippen LogP contribution in [0.1, 0.15) is 39.3 Å². The van der Waals surface area contributed by atoms with E-state index < -0.39 is 6.04 Å². The number of carbonyl (C=O) groups is 1. The fraction of sp³-hybridized carbons (Fsp3) is 0.409. The number of nitrogens with one attached hydrogen (secondary N) is 2. The number of amides is 1. The molecule has 6 heteroatoms. The summed E-state index contributed by atoms with van der Waals surface area (Å²) >= 11 is 0. The lowest BCUT2D eigenvalue weighted by molar-refractivity contribution is -0.117. The zero-order valence-electron chi connectivity index (χ0n) is 17.2. The van der Waals surface area contributed by atoms with E-state index in [2.05, 4.69) is 10.6 Å². The number of hydrogen-bond donors (Lipinski definition) is 2. The molecule has 2 aromatic rings. The minimum atomic E-state index is -0.401. The van der Waals surface area contributed by atoms with E-state index in [1.165, 1.54) is 0 Å². The highest BCUT2D eigenvalue weighted by Gasteiger charge is 2.19. The summed E-state index contributed by atoms with van der Waals surface area (Å²) in [6, 6.07) is 12.7. The van der Waals surface area contributed by atoms with Gasteiger partial charge in [-0.05, 0) is 57.5 Å². The highest BCUT2D eigenvalue weighted by atomic mass is 16.5. The Hall–Kier alpha value is -2.73. The van der Waals surface area contributed by atoms with Crippen molar-refractivity contribution in [2.75, 3.05) is 25.6 Å². The summed E-state index contributed by atoms with van der Waals surface area (Å²) in [5, 5.41) is 6.23. The van der Waals surface area contributed by atoms with Crippen LogP contribution in [-0.4, -0.2) is 32.3 Å². The molecule has 2 atom stereocenters. The van der Waals surface area contributed by atoms with Crippen LogP contribution in [0.25, 0.3) is 0 Å². The first-order chi connectivity index (χ1) is 13.5. The Morgan fingerprint density at radius 2 is 1.64 bits per heavy atom. The molecule has 0 heterocycles. The van der Waals surface area contributed by atoms with Crippen molar-refractivity contribution in [3.05, 3.63) is 48.0 Å². The number of para-hydroxylation sites is 2. The molecular formula is C22H30N2O4. The van der Waals surface area contributed by atoms with Crippen LogP contribution in [0.15, 0.2) is 42.5 Å². The standard InChI is InChI=1S/C22H30N2O4/c1-6-27-20-13-12-17(14-21(20)28-7-2)15(3)23-16(4)22(25)24-18-10-8-9-11-19(18)26-5/h8-16,23H,6-7H2,1-5H3,(H,24,25)/t15-,16-/m0/s1. The number of benzene rings is 2. The SMILES string of the molecule is CCOc1ccc([C@H](C)N[C@@H](C)C(=O)Nc2ccccc2OC)cc1OCC. The van der Waals surface area contributed by atoms with Gasteiger partial charge in [0.25, 0.3) is 0 Å². The van der Waals surface area contributed by atoms with Crippen molar-refractivity contribution >= 4 is 11.6 Å². The number of rotatable bonds is 10. The molecule has 6 nitrogen and oxygen atoms in total. The number of methoxy groups -OCH3 is 1. The fourth-order valence-corrected chi connectivity index (χ4v) is 2.87. The van der Waals surface area contributed by atoms with Crippen molar-refractivity contribution in [2.24, 2.45) is 0 Å². The second-order valence-electron chi connectivity index (χ2n) is 6.37. The van der Waals surface area contributed by atoms with E-state index in [1.54, 1.807) is 7.11 Å². The average Bonchev–Trinajstić information content (AvgIpc) is 2.69. The van der Waals surface area contributed by atoms with E-state index in [0.29, 0.717) is 30.4 Å². The Morgan fingerprint density at radius 3 is 2.32 bits per heavy atom. The van der Waals surface area contributed by atoms with Gasteiger partial charge in [-0.15, -0.1) is 0 Å². The largest absolute Gasteiger partial charge is 0.495 e. The van der Waals surface area contributed by atoms with Crippen molar-refractivity contribution in [3.63, 3.8) is 0 Å². The van der Waals surface area contributed by atoms with E-state index in [1.807, 2.05) is 70.2 Å². The lowest BCUT2D eigenvalue weighted by Crippen LogP contribution is -2.39. The first-order valence-corrected chi connectivity index (χ1v) is 9.59. The summed E-state index contributed by atoms with van der Waals surface area (Å²) < 4.78 is 16.6. The van der Waals surface area contributed by atoms with Crippen LogP contribution < -0.4 is 24.8 Å². The second kappa shape index (κ2) is 10.6. The van der Waals surface area contributed by atoms with Crippen molar-refractivity contribution in [1.29, 1.82) is 0 Å². The molecule has 0 aliphatic carbocycles. The molecule has 0 aliphatic rings. The summed E-state index contributed by atoms with van der Waals surface area (Å²) in [6.45, 7) is 8.86. The minimum absolute atomic E-state index is 0.0479. The summed E-state index contributed by atoms with van der Waals surface area (Å²) in [4.78, 5) is 12.6. The monoisotopic (exact) mass is 386 g/mol. The molecule has 0 unspecified atom stereocenters. The number of carbonyl (C=O) groups excluding carboxylic acids is 1. The van der Waals surface area contributed by atoms with Crippen LogP contribution >= 0.6 is 0 Å². The molecule has 2 aromatic carbocycles. The maximum absolute atomic E-state index is 12.6. The smallest absolute Gasteiger partial charge is 0.241 e. The molecule has 0 saturated carbocycles. The van der Waals surface area contributed by atoms with Gasteiger partial charge >= 0.3 is 0 Å². The van der Waals surface area contributed by atoms with Gasteiger partial charge in [-0.25, -0.2) is 0 Å². The van der Waals surface area contributed by atoms with E-state index in [9.17, 15) is 4.79 Å². The van der Waals surface area contributed by atoms with E-state index in [-0.39, 0.29) is 11.9 Å². The maximum atomic E-state index is 12.6. The molecule has 2 rings (SSSR count). The molecule has 28 heavy (non-hydrogen) atoms. The van der Waals surface area contributed by atoms with Crippen LogP contribution in [-0.2, 0) is 4.79 Å². The molecule has 2 N–H and O–H groups in total. The Balaban J connectivity index is 2.05. The molecule has 0 radical (unpaired) electrons. The van der Waals surface area contributed by atoms with Gasteiger partial charge < -0.3 is 19.5 Å². The van der Waals surface area contributed by atoms with Crippen LogP contribution in [0.5, 0.6) is 17.2 Å². The normalized spacial score (nSPS) is 12.8. The Morgan fingerprint density at radius 1 is 0.964 bits per heavy atom. The van der Waals surface area contributed by atoms with Crippen LogP contribution in [0.2, 0.25) is 0 Å². The first kappa shape index (κ1) is 21.6. The Kier molecular flexibility index (Phi) is 8.14. The van der Waals surface area contributed by atoms with E-state index in [0.717, 1.165) is 11.3 Å². The molecule has 0 saturated heterocycles. The van der Waals surface area contributed by atoms with Gasteiger partial charge in [0.1, 0.15) is 5.75 Å². The quantitative estimate of drug-likeness (QED) is 0.641. The van der Waals surface area contributed by atoms with Crippen LogP contribution in [0.4, 0.5) is 5.69 Å². The predicted octanol–water partition coefficient (Wildman–Crippen LogP) is 4.17. The zero-order chi connectivity index (χ0) is 20.5. The number of anilines is 1. The lowest BCUT2D eigenvalue weighted by atomic mass is 10.1. The third-order valence-electron chi connectivity index (χ3n) is 4.33. The van der Waals surface area contributed by atoms with Gasteiger partial charge in [0.2, 0.25) is 5.91 Å². The third-order valence-corrected chi connectivity index (χ3v) is 4.33. The van der Waals surface area contributed by atoms with Gasteiger partial charge in [-0.3, -0.25) is 10.1 Å². The first-order valence-electron chi connectivity index (χ1n) is 9.59. The number of ether oxygens (including phenoxy) is 3. The topological polar surface area (TPSA) is 68.8 Å². The summed E-state index contributed by atoms with van der Waals surface area (Å²) in [6.07, 6.45) is 0. The molecule has 1 amide bonds. The second-order valence-corrected chi connectivity index (χ2v) is 6.37. The van der Waals surface area contributed by atoms with Crippen molar-refractivity contribution in [2.45, 2.75) is 39.8 Å². The van der Waals surface area contributed by atoms with Gasteiger partial charge in [-0.2, -0.15) is 0 Å². The molecular weight excluding hydrogens is 356 g/mol. The van der Waals surface area contributed by atoms with Crippen molar-refractivity contribution in [3.8, 4) is 17.2 Å². The fourth-order valence-electron chi connectivity index (χ4n) is 2.87. The summed E-state index contributed by atoms with van der Waals surface area (Å²) in [5.74, 6) is 1.93. The minimum Gasteiger partial charge on any atom is -0.495 e. The summed E-state index contributed by atoms with van der Waals surface area (Å²) in [5.41, 5.74) is 1.67. The van der Waals surface area contributed by atoms with E-state index in [4.69, 9.17) is 14.2 Å². The molecule has 0 aliphatic heterocycles. The number of hydrogen-bond acceptors (Lipinski definition) is 5. The maximum Gasteiger partial charge on any atom is 0.241 e. The Bertz CT molecular complexity index is 779. The highest BCUT2D eigenvalue weighted by molar-refractivity contribution is 5.95. The van der Waals surface area contributed by atoms with Crippen LogP contribution in [0.3, 0.4) is 0 Å². The molecule has 152 valence electrons. The van der Waals surface area contributed by atoms with Gasteiger partial charge in [0.05, 0.1) is 32.1 Å². The molecule has 0 aromatic heterocycles. The van der Waals surface area contributed by atoms with Gasteiger partial charge in [0.15, 0.2) is 11.5 Å². The van der Waals surface area contributed by atoms with Gasteiger partial charge in [0, 0.05) is 6.04 Å². The Labute approximate surface area is 167 Å². The zero-order valence-corrected chi connectivity index (χ0v) is 17.2.